The number of anilines is 2. The number of aliphatic carboxylic acids is 1. The van der Waals surface area contributed by atoms with E-state index in [0.29, 0.717) is 17.9 Å². The third-order valence-electron chi connectivity index (χ3n) is 3.25. The molecule has 2 amide bonds. The largest absolute Gasteiger partial charge is 0.481 e. The number of nitrogen functional groups attached to an aromatic ring is 1. The quantitative estimate of drug-likeness (QED) is 0.724. The first kappa shape index (κ1) is 13.2. The molecule has 2 rings (SSSR count). The lowest BCUT2D eigenvalue weighted by molar-refractivity contribution is -0.137. The summed E-state index contributed by atoms with van der Waals surface area (Å²) in [5.41, 5.74) is 6.80. The van der Waals surface area contributed by atoms with Gasteiger partial charge in [0.2, 0.25) is 0 Å². The molecule has 1 heterocycles. The monoisotopic (exact) mass is 263 g/mol. The molecule has 0 saturated carbocycles. The molecule has 1 aromatic carbocycles. The molecular formula is C13H17N3O3. The maximum atomic E-state index is 12.1. The topological polar surface area (TPSA) is 95.7 Å². The van der Waals surface area contributed by atoms with Gasteiger partial charge in [0.05, 0.1) is 17.8 Å². The molecule has 102 valence electrons. The number of amides is 2. The van der Waals surface area contributed by atoms with Crippen LogP contribution in [0, 0.1) is 0 Å². The van der Waals surface area contributed by atoms with Crippen LogP contribution in [0.2, 0.25) is 0 Å². The number of likely N-dealkylation sites (tertiary alicyclic amines) is 1. The van der Waals surface area contributed by atoms with Crippen molar-refractivity contribution < 1.29 is 14.7 Å². The van der Waals surface area contributed by atoms with E-state index in [2.05, 4.69) is 5.32 Å². The highest BCUT2D eigenvalue weighted by molar-refractivity contribution is 5.93. The summed E-state index contributed by atoms with van der Waals surface area (Å²) < 4.78 is 0. The van der Waals surface area contributed by atoms with Gasteiger partial charge in [-0.2, -0.15) is 0 Å². The number of carboxylic acids is 1. The Balaban J connectivity index is 2.03. The summed E-state index contributed by atoms with van der Waals surface area (Å²) in [5.74, 6) is -0.885. The van der Waals surface area contributed by atoms with E-state index in [4.69, 9.17) is 10.8 Å². The van der Waals surface area contributed by atoms with Crippen molar-refractivity contribution in [3.8, 4) is 0 Å². The first-order valence-electron chi connectivity index (χ1n) is 6.22. The summed E-state index contributed by atoms with van der Waals surface area (Å²) in [6.07, 6.45) is 1.54. The molecule has 6 heteroatoms. The van der Waals surface area contributed by atoms with E-state index in [-0.39, 0.29) is 18.5 Å². The van der Waals surface area contributed by atoms with Gasteiger partial charge in [0, 0.05) is 12.6 Å². The number of nitrogens with zero attached hydrogens (tertiary/aromatic N) is 1. The summed E-state index contributed by atoms with van der Waals surface area (Å²) in [7, 11) is 0. The number of para-hydroxylation sites is 2. The van der Waals surface area contributed by atoms with Gasteiger partial charge in [0.25, 0.3) is 0 Å². The summed E-state index contributed by atoms with van der Waals surface area (Å²) in [6, 6.07) is 6.46. The molecule has 1 atom stereocenters. The normalized spacial score (nSPS) is 18.3. The lowest BCUT2D eigenvalue weighted by Gasteiger charge is -2.24. The minimum Gasteiger partial charge on any atom is -0.481 e. The molecule has 6 nitrogen and oxygen atoms in total. The standard InChI is InChI=1S/C13H17N3O3/c14-10-5-1-2-6-11(10)15-13(19)16-7-3-4-9(16)8-12(17)18/h1-2,5-6,9H,3-4,7-8,14H2,(H,15,19)(H,17,18). The van der Waals surface area contributed by atoms with E-state index < -0.39 is 5.97 Å². The molecule has 0 aliphatic carbocycles. The first-order chi connectivity index (χ1) is 9.08. The minimum absolute atomic E-state index is 0.0162. The van der Waals surface area contributed by atoms with Crippen molar-refractivity contribution in [1.82, 2.24) is 4.90 Å². The van der Waals surface area contributed by atoms with E-state index >= 15 is 0 Å². The second-order valence-electron chi connectivity index (χ2n) is 4.60. The number of carbonyl (C=O) groups excluding carboxylic acids is 1. The Morgan fingerprint density at radius 3 is 2.84 bits per heavy atom. The molecule has 1 aliphatic rings. The van der Waals surface area contributed by atoms with Crippen molar-refractivity contribution in [2.24, 2.45) is 0 Å². The van der Waals surface area contributed by atoms with Gasteiger partial charge in [0.15, 0.2) is 0 Å². The predicted molar refractivity (Wildman–Crippen MR) is 71.9 cm³/mol. The van der Waals surface area contributed by atoms with Crippen LogP contribution in [0.15, 0.2) is 24.3 Å². The van der Waals surface area contributed by atoms with Gasteiger partial charge < -0.3 is 21.1 Å². The van der Waals surface area contributed by atoms with E-state index in [9.17, 15) is 9.59 Å². The highest BCUT2D eigenvalue weighted by Gasteiger charge is 2.30. The molecule has 19 heavy (non-hydrogen) atoms. The molecule has 1 fully saturated rings. The summed E-state index contributed by atoms with van der Waals surface area (Å²) >= 11 is 0. The average Bonchev–Trinajstić information content (AvgIpc) is 2.79. The van der Waals surface area contributed by atoms with Crippen LogP contribution in [0.4, 0.5) is 16.2 Å². The fraction of sp³-hybridized carbons (Fsp3) is 0.385. The Hall–Kier alpha value is -2.24. The maximum Gasteiger partial charge on any atom is 0.322 e. The molecule has 0 radical (unpaired) electrons. The summed E-state index contributed by atoms with van der Waals surface area (Å²) in [4.78, 5) is 24.5. The smallest absolute Gasteiger partial charge is 0.322 e. The van der Waals surface area contributed by atoms with Crippen molar-refractivity contribution in [3.63, 3.8) is 0 Å². The third-order valence-corrected chi connectivity index (χ3v) is 3.25. The van der Waals surface area contributed by atoms with Gasteiger partial charge in [-0.25, -0.2) is 4.79 Å². The number of nitrogens with two attached hydrogens (primary N) is 1. The van der Waals surface area contributed by atoms with Crippen molar-refractivity contribution in [2.45, 2.75) is 25.3 Å². The second-order valence-corrected chi connectivity index (χ2v) is 4.60. The second kappa shape index (κ2) is 5.60. The number of benzene rings is 1. The van der Waals surface area contributed by atoms with E-state index in [1.807, 2.05) is 0 Å². The van der Waals surface area contributed by atoms with Crippen LogP contribution in [-0.4, -0.2) is 34.6 Å². The van der Waals surface area contributed by atoms with Gasteiger partial charge in [-0.1, -0.05) is 12.1 Å². The number of carbonyl (C=O) groups is 2. The van der Waals surface area contributed by atoms with E-state index in [1.54, 1.807) is 29.2 Å². The number of nitrogens with one attached hydrogen (secondary N) is 1. The third kappa shape index (κ3) is 3.15. The highest BCUT2D eigenvalue weighted by Crippen LogP contribution is 2.23. The zero-order chi connectivity index (χ0) is 13.8. The van der Waals surface area contributed by atoms with Gasteiger partial charge >= 0.3 is 12.0 Å². The predicted octanol–water partition coefficient (Wildman–Crippen LogP) is 1.74. The van der Waals surface area contributed by atoms with E-state index in [0.717, 1.165) is 12.8 Å². The molecule has 1 aromatic rings. The fourth-order valence-electron chi connectivity index (χ4n) is 2.31. The van der Waals surface area contributed by atoms with Crippen LogP contribution in [0.3, 0.4) is 0 Å². The Bertz CT molecular complexity index is 490. The Morgan fingerprint density at radius 2 is 2.16 bits per heavy atom. The van der Waals surface area contributed by atoms with Crippen LogP contribution < -0.4 is 11.1 Å². The zero-order valence-electron chi connectivity index (χ0n) is 10.5. The van der Waals surface area contributed by atoms with Crippen LogP contribution in [-0.2, 0) is 4.79 Å². The maximum absolute atomic E-state index is 12.1. The van der Waals surface area contributed by atoms with Crippen molar-refractivity contribution >= 4 is 23.4 Å². The van der Waals surface area contributed by atoms with Crippen LogP contribution in [0.25, 0.3) is 0 Å². The average molecular weight is 263 g/mol. The molecule has 0 spiro atoms. The van der Waals surface area contributed by atoms with Crippen molar-refractivity contribution in [3.05, 3.63) is 24.3 Å². The van der Waals surface area contributed by atoms with Gasteiger partial charge in [-0.3, -0.25) is 4.79 Å². The first-order valence-corrected chi connectivity index (χ1v) is 6.22. The molecular weight excluding hydrogens is 246 g/mol. The highest BCUT2D eigenvalue weighted by atomic mass is 16.4. The number of urea groups is 1. The Morgan fingerprint density at radius 1 is 1.42 bits per heavy atom. The minimum atomic E-state index is -0.885. The molecule has 1 saturated heterocycles. The molecule has 0 aromatic heterocycles. The Kier molecular flexibility index (Phi) is 3.89. The number of carboxylic acid groups (broad SMARTS) is 1. The fourth-order valence-corrected chi connectivity index (χ4v) is 2.31. The lowest BCUT2D eigenvalue weighted by Crippen LogP contribution is -2.39. The van der Waals surface area contributed by atoms with Gasteiger partial charge in [-0.05, 0) is 25.0 Å². The van der Waals surface area contributed by atoms with Crippen molar-refractivity contribution in [2.75, 3.05) is 17.6 Å². The van der Waals surface area contributed by atoms with Crippen LogP contribution >= 0.6 is 0 Å². The van der Waals surface area contributed by atoms with E-state index in [1.165, 1.54) is 0 Å². The summed E-state index contributed by atoms with van der Waals surface area (Å²) in [5, 5.41) is 11.6. The zero-order valence-corrected chi connectivity index (χ0v) is 10.5. The SMILES string of the molecule is Nc1ccccc1NC(=O)N1CCCC1CC(=O)O. The molecule has 0 bridgehead atoms. The van der Waals surface area contributed by atoms with Crippen molar-refractivity contribution in [1.29, 1.82) is 0 Å². The number of rotatable bonds is 3. The van der Waals surface area contributed by atoms with Crippen LogP contribution in [0.1, 0.15) is 19.3 Å². The van der Waals surface area contributed by atoms with Gasteiger partial charge in [-0.15, -0.1) is 0 Å². The molecule has 1 aliphatic heterocycles. The van der Waals surface area contributed by atoms with Gasteiger partial charge in [0.1, 0.15) is 0 Å². The van der Waals surface area contributed by atoms with Crippen LogP contribution in [0.5, 0.6) is 0 Å². The Labute approximate surface area is 111 Å². The summed E-state index contributed by atoms with van der Waals surface area (Å²) in [6.45, 7) is 0.580. The molecule has 4 N–H and O–H groups in total. The number of hydrogen-bond acceptors (Lipinski definition) is 3. The lowest BCUT2D eigenvalue weighted by atomic mass is 10.1. The number of hydrogen-bond donors (Lipinski definition) is 3. The molecule has 1 unspecified atom stereocenters.